The van der Waals surface area contributed by atoms with E-state index in [0.717, 1.165) is 59.2 Å². The summed E-state index contributed by atoms with van der Waals surface area (Å²) in [6.45, 7) is 8.38. The van der Waals surface area contributed by atoms with E-state index in [1.54, 1.807) is 12.3 Å². The largest absolute Gasteiger partial charge is 0.508 e. The molecular formula is C28H34N4O2. The van der Waals surface area contributed by atoms with Gasteiger partial charge in [0.05, 0.1) is 23.2 Å². The Balaban J connectivity index is 1.54. The number of aromatic nitrogens is 3. The molecule has 3 aliphatic rings. The Kier molecular flexibility index (Phi) is 4.91. The molecule has 3 atom stereocenters. The lowest BCUT2D eigenvalue weighted by Crippen LogP contribution is -2.71. The van der Waals surface area contributed by atoms with E-state index in [2.05, 4.69) is 30.7 Å². The van der Waals surface area contributed by atoms with Gasteiger partial charge < -0.3 is 10.2 Å². The van der Waals surface area contributed by atoms with E-state index in [1.807, 2.05) is 35.1 Å². The average molecular weight is 459 g/mol. The van der Waals surface area contributed by atoms with Crippen molar-refractivity contribution >= 4 is 0 Å². The van der Waals surface area contributed by atoms with Crippen molar-refractivity contribution < 1.29 is 10.2 Å². The molecule has 34 heavy (non-hydrogen) atoms. The van der Waals surface area contributed by atoms with Crippen molar-refractivity contribution in [3.63, 3.8) is 0 Å². The smallest absolute Gasteiger partial charge is 0.115 e. The van der Waals surface area contributed by atoms with Crippen molar-refractivity contribution in [2.75, 3.05) is 13.1 Å². The quantitative estimate of drug-likeness (QED) is 0.621. The molecule has 6 heteroatoms. The van der Waals surface area contributed by atoms with Gasteiger partial charge in [0.25, 0.3) is 0 Å². The predicted molar refractivity (Wildman–Crippen MR) is 131 cm³/mol. The fourth-order valence-corrected chi connectivity index (χ4v) is 6.74. The summed E-state index contributed by atoms with van der Waals surface area (Å²) in [7, 11) is 0. The lowest BCUT2D eigenvalue weighted by atomic mass is 9.53. The number of aliphatic hydroxyl groups is 1. The molecular weight excluding hydrogens is 424 g/mol. The SMILES string of the molecule is Cc1ccc(O)cc1[C@]12CCN(CC3CC3)[C@H](C)[C@]1(O)Cc1c(C)nn(-c3cccnc3)c1C2. The zero-order valence-corrected chi connectivity index (χ0v) is 20.3. The molecule has 2 aromatic heterocycles. The van der Waals surface area contributed by atoms with Crippen molar-refractivity contribution in [2.45, 2.75) is 69.9 Å². The number of phenols is 1. The molecule has 2 fully saturated rings. The molecule has 1 saturated carbocycles. The minimum atomic E-state index is -0.959. The number of hydrogen-bond donors (Lipinski definition) is 2. The van der Waals surface area contributed by atoms with Crippen LogP contribution in [-0.4, -0.2) is 54.6 Å². The first-order valence-electron chi connectivity index (χ1n) is 12.6. The van der Waals surface area contributed by atoms with Crippen LogP contribution in [0.2, 0.25) is 0 Å². The summed E-state index contributed by atoms with van der Waals surface area (Å²) in [4.78, 5) is 6.83. The standard InChI is InChI=1S/C28H34N4O2/c1-18-6-9-23(33)13-25(18)27-10-12-31(17-21-7-8-21)20(3)28(27,34)14-24-19(2)30-32(26(24)15-27)22-5-4-11-29-16-22/h4-6,9,11,13,16,20-21,33-34H,7-8,10,12,14-15,17H2,1-3H3/t20-,27-,28-/m1/s1. The van der Waals surface area contributed by atoms with E-state index in [-0.39, 0.29) is 11.8 Å². The molecule has 3 aromatic rings. The first-order chi connectivity index (χ1) is 16.3. The second kappa shape index (κ2) is 7.65. The van der Waals surface area contributed by atoms with Gasteiger partial charge in [0.2, 0.25) is 0 Å². The highest BCUT2D eigenvalue weighted by molar-refractivity contribution is 5.50. The molecule has 6 rings (SSSR count). The van der Waals surface area contributed by atoms with Crippen LogP contribution in [0.5, 0.6) is 5.75 Å². The van der Waals surface area contributed by atoms with Crippen LogP contribution in [0, 0.1) is 19.8 Å². The molecule has 1 aromatic carbocycles. The number of pyridine rings is 1. The van der Waals surface area contributed by atoms with Gasteiger partial charge in [0, 0.05) is 42.7 Å². The normalized spacial score (nSPS) is 29.0. The summed E-state index contributed by atoms with van der Waals surface area (Å²) in [5, 5.41) is 28.2. The van der Waals surface area contributed by atoms with Gasteiger partial charge in [-0.2, -0.15) is 5.10 Å². The number of rotatable bonds is 4. The molecule has 0 amide bonds. The van der Waals surface area contributed by atoms with Gasteiger partial charge >= 0.3 is 0 Å². The lowest BCUT2D eigenvalue weighted by molar-refractivity contribution is -0.139. The molecule has 178 valence electrons. The predicted octanol–water partition coefficient (Wildman–Crippen LogP) is 3.86. The number of likely N-dealkylation sites (tertiary alicyclic amines) is 1. The average Bonchev–Trinajstić information content (AvgIpc) is 3.60. The zero-order chi connectivity index (χ0) is 23.7. The number of fused-ring (bicyclic) bond motifs is 2. The minimum Gasteiger partial charge on any atom is -0.508 e. The van der Waals surface area contributed by atoms with Crippen molar-refractivity contribution in [2.24, 2.45) is 5.92 Å². The van der Waals surface area contributed by atoms with Gasteiger partial charge in [-0.25, -0.2) is 4.68 Å². The molecule has 0 radical (unpaired) electrons. The molecule has 0 bridgehead atoms. The number of piperidine rings is 1. The highest BCUT2D eigenvalue weighted by atomic mass is 16.3. The van der Waals surface area contributed by atoms with Crippen LogP contribution >= 0.6 is 0 Å². The Morgan fingerprint density at radius 1 is 1.15 bits per heavy atom. The zero-order valence-electron chi connectivity index (χ0n) is 20.3. The summed E-state index contributed by atoms with van der Waals surface area (Å²) in [6.07, 6.45) is 8.33. The fraction of sp³-hybridized carbons (Fsp3) is 0.500. The molecule has 6 nitrogen and oxygen atoms in total. The number of nitrogens with zero attached hydrogens (tertiary/aromatic N) is 4. The molecule has 1 saturated heterocycles. The van der Waals surface area contributed by atoms with E-state index in [4.69, 9.17) is 5.10 Å². The molecule has 3 heterocycles. The summed E-state index contributed by atoms with van der Waals surface area (Å²) in [6, 6.07) is 9.61. The van der Waals surface area contributed by atoms with Crippen molar-refractivity contribution in [1.29, 1.82) is 0 Å². The molecule has 2 N–H and O–H groups in total. The van der Waals surface area contributed by atoms with Crippen LogP contribution in [0.4, 0.5) is 0 Å². The van der Waals surface area contributed by atoms with Crippen LogP contribution in [0.25, 0.3) is 5.69 Å². The molecule has 0 unspecified atom stereocenters. The Morgan fingerprint density at radius 3 is 2.71 bits per heavy atom. The van der Waals surface area contributed by atoms with Crippen LogP contribution in [0.15, 0.2) is 42.7 Å². The third-order valence-corrected chi connectivity index (χ3v) is 8.92. The first-order valence-corrected chi connectivity index (χ1v) is 12.6. The maximum absolute atomic E-state index is 12.8. The van der Waals surface area contributed by atoms with E-state index in [0.29, 0.717) is 12.8 Å². The van der Waals surface area contributed by atoms with Crippen LogP contribution in [-0.2, 0) is 18.3 Å². The van der Waals surface area contributed by atoms with Gasteiger partial charge in [0.15, 0.2) is 0 Å². The molecule has 2 aliphatic carbocycles. The number of hydrogen-bond acceptors (Lipinski definition) is 5. The van der Waals surface area contributed by atoms with Crippen molar-refractivity contribution in [3.8, 4) is 11.4 Å². The maximum Gasteiger partial charge on any atom is 0.115 e. The van der Waals surface area contributed by atoms with Gasteiger partial charge in [0.1, 0.15) is 5.75 Å². The van der Waals surface area contributed by atoms with Gasteiger partial charge in [-0.1, -0.05) is 6.07 Å². The number of aryl methyl sites for hydroxylation is 2. The van der Waals surface area contributed by atoms with Gasteiger partial charge in [-0.15, -0.1) is 0 Å². The number of phenolic OH excluding ortho intramolecular Hbond substituents is 1. The Morgan fingerprint density at radius 2 is 1.97 bits per heavy atom. The summed E-state index contributed by atoms with van der Waals surface area (Å²) >= 11 is 0. The Labute approximate surface area is 201 Å². The fourth-order valence-electron chi connectivity index (χ4n) is 6.74. The van der Waals surface area contributed by atoms with E-state index < -0.39 is 11.0 Å². The topological polar surface area (TPSA) is 74.4 Å². The molecule has 1 aliphatic heterocycles. The monoisotopic (exact) mass is 458 g/mol. The Bertz CT molecular complexity index is 1230. The third kappa shape index (κ3) is 3.15. The summed E-state index contributed by atoms with van der Waals surface area (Å²) in [5.74, 6) is 1.03. The second-order valence-corrected chi connectivity index (χ2v) is 10.9. The van der Waals surface area contributed by atoms with Crippen LogP contribution < -0.4 is 0 Å². The first kappa shape index (κ1) is 21.8. The number of benzene rings is 1. The van der Waals surface area contributed by atoms with E-state index >= 15 is 0 Å². The molecule has 0 spiro atoms. The highest BCUT2D eigenvalue weighted by Gasteiger charge is 2.62. The summed E-state index contributed by atoms with van der Waals surface area (Å²) < 4.78 is 2.03. The van der Waals surface area contributed by atoms with Crippen molar-refractivity contribution in [1.82, 2.24) is 19.7 Å². The highest BCUT2D eigenvalue weighted by Crippen LogP contribution is 2.55. The van der Waals surface area contributed by atoms with E-state index in [9.17, 15) is 10.2 Å². The number of aromatic hydroxyl groups is 1. The van der Waals surface area contributed by atoms with Crippen molar-refractivity contribution in [3.05, 3.63) is 70.8 Å². The van der Waals surface area contributed by atoms with Gasteiger partial charge in [-0.05, 0) is 93.5 Å². The minimum absolute atomic E-state index is 0.0119. The van der Waals surface area contributed by atoms with Crippen LogP contribution in [0.3, 0.4) is 0 Å². The van der Waals surface area contributed by atoms with E-state index in [1.165, 1.54) is 12.8 Å². The third-order valence-electron chi connectivity index (χ3n) is 8.92. The second-order valence-electron chi connectivity index (χ2n) is 10.9. The maximum atomic E-state index is 12.8. The van der Waals surface area contributed by atoms with Gasteiger partial charge in [-0.3, -0.25) is 9.88 Å². The van der Waals surface area contributed by atoms with Crippen LogP contribution in [0.1, 0.15) is 54.3 Å². The lowest BCUT2D eigenvalue weighted by Gasteiger charge is -2.60. The Hall–Kier alpha value is -2.70. The summed E-state index contributed by atoms with van der Waals surface area (Å²) in [5.41, 5.74) is 4.94.